The highest BCUT2D eigenvalue weighted by Crippen LogP contribution is 2.16. The van der Waals surface area contributed by atoms with Crippen molar-refractivity contribution in [2.45, 2.75) is 5.09 Å². The van der Waals surface area contributed by atoms with Gasteiger partial charge in [-0.25, -0.2) is 13.6 Å². The minimum absolute atomic E-state index is 0.237. The molecule has 10 heavy (non-hydrogen) atoms. The van der Waals surface area contributed by atoms with Crippen LogP contribution in [0.1, 0.15) is 0 Å². The lowest BCUT2D eigenvalue weighted by Gasteiger charge is -1.87. The van der Waals surface area contributed by atoms with Crippen LogP contribution in [0.3, 0.4) is 0 Å². The van der Waals surface area contributed by atoms with E-state index in [4.69, 9.17) is 5.14 Å². The maximum atomic E-state index is 10.5. The van der Waals surface area contributed by atoms with Crippen molar-refractivity contribution in [1.82, 2.24) is 0 Å². The Morgan fingerprint density at radius 2 is 2.10 bits per heavy atom. The summed E-state index contributed by atoms with van der Waals surface area (Å²) in [6.45, 7) is 0. The number of sulfonamides is 1. The Balaban J connectivity index is 3.21. The van der Waals surface area contributed by atoms with E-state index in [1.165, 1.54) is 12.1 Å². The van der Waals surface area contributed by atoms with Crippen molar-refractivity contribution in [1.29, 1.82) is 0 Å². The average Bonchev–Trinajstić information content (AvgIpc) is 2.11. The van der Waals surface area contributed by atoms with Crippen LogP contribution in [0, 0.1) is 0 Å². The minimum Gasteiger partial charge on any atom is -0.437 e. The summed E-state index contributed by atoms with van der Waals surface area (Å²) in [5.41, 5.74) is 0. The molecule has 0 atom stereocenters. The lowest BCUT2D eigenvalue weighted by molar-refractivity contribution is 0.432. The van der Waals surface area contributed by atoms with E-state index in [1.807, 2.05) is 0 Å². The SMILES string of the molecule is NS(=O)(=O)c1ccc(Br)o1. The van der Waals surface area contributed by atoms with E-state index in [0.717, 1.165) is 0 Å². The van der Waals surface area contributed by atoms with Gasteiger partial charge in [-0.05, 0) is 28.1 Å². The van der Waals surface area contributed by atoms with Gasteiger partial charge in [0.15, 0.2) is 4.67 Å². The van der Waals surface area contributed by atoms with Crippen LogP contribution < -0.4 is 5.14 Å². The highest BCUT2D eigenvalue weighted by Gasteiger charge is 2.11. The van der Waals surface area contributed by atoms with Crippen molar-refractivity contribution < 1.29 is 12.8 Å². The van der Waals surface area contributed by atoms with Crippen LogP contribution in [0.15, 0.2) is 26.3 Å². The van der Waals surface area contributed by atoms with Gasteiger partial charge >= 0.3 is 0 Å². The number of hydrogen-bond acceptors (Lipinski definition) is 3. The monoisotopic (exact) mass is 225 g/mol. The standard InChI is InChI=1S/C4H4BrNO3S/c5-3-1-2-4(9-3)10(6,7)8/h1-2H,(H2,6,7,8). The zero-order valence-corrected chi connectivity index (χ0v) is 7.15. The summed E-state index contributed by atoms with van der Waals surface area (Å²) in [6, 6.07) is 2.74. The lowest BCUT2D eigenvalue weighted by atomic mass is 10.7. The molecule has 0 fully saturated rings. The van der Waals surface area contributed by atoms with Crippen molar-refractivity contribution in [3.05, 3.63) is 16.8 Å². The molecule has 1 heterocycles. The highest BCUT2D eigenvalue weighted by atomic mass is 79.9. The first-order valence-electron chi connectivity index (χ1n) is 2.28. The van der Waals surface area contributed by atoms with Gasteiger partial charge in [-0.15, -0.1) is 0 Å². The molecule has 0 aliphatic carbocycles. The summed E-state index contributed by atoms with van der Waals surface area (Å²) < 4.78 is 26.0. The molecule has 0 amide bonds. The fourth-order valence-electron chi connectivity index (χ4n) is 0.451. The van der Waals surface area contributed by atoms with Gasteiger partial charge in [-0.2, -0.15) is 0 Å². The Morgan fingerprint density at radius 3 is 2.30 bits per heavy atom. The van der Waals surface area contributed by atoms with Gasteiger partial charge in [0.05, 0.1) is 0 Å². The number of furan rings is 1. The Kier molecular flexibility index (Phi) is 1.84. The van der Waals surface area contributed by atoms with E-state index in [-0.39, 0.29) is 5.09 Å². The zero-order chi connectivity index (χ0) is 7.78. The number of nitrogens with two attached hydrogens (primary N) is 1. The van der Waals surface area contributed by atoms with Crippen molar-refractivity contribution in [2.75, 3.05) is 0 Å². The summed E-state index contributed by atoms with van der Waals surface area (Å²) in [5.74, 6) is 0. The van der Waals surface area contributed by atoms with E-state index in [0.29, 0.717) is 4.67 Å². The predicted molar refractivity (Wildman–Crippen MR) is 37.8 cm³/mol. The molecule has 2 N–H and O–H groups in total. The van der Waals surface area contributed by atoms with Gasteiger partial charge in [0.1, 0.15) is 0 Å². The molecule has 0 aliphatic rings. The summed E-state index contributed by atoms with van der Waals surface area (Å²) in [6.07, 6.45) is 0. The lowest BCUT2D eigenvalue weighted by Crippen LogP contribution is -2.10. The van der Waals surface area contributed by atoms with Crippen LogP contribution in [0.5, 0.6) is 0 Å². The Morgan fingerprint density at radius 1 is 1.50 bits per heavy atom. The van der Waals surface area contributed by atoms with Gasteiger partial charge in [0, 0.05) is 0 Å². The van der Waals surface area contributed by atoms with Crippen molar-refractivity contribution in [3.8, 4) is 0 Å². The summed E-state index contributed by atoms with van der Waals surface area (Å²) >= 11 is 2.94. The van der Waals surface area contributed by atoms with Crippen LogP contribution >= 0.6 is 15.9 Å². The van der Waals surface area contributed by atoms with Crippen LogP contribution in [0.25, 0.3) is 0 Å². The molecule has 0 aromatic carbocycles. The molecule has 56 valence electrons. The van der Waals surface area contributed by atoms with Gasteiger partial charge < -0.3 is 4.42 Å². The highest BCUT2D eigenvalue weighted by molar-refractivity contribution is 9.10. The molecule has 0 bridgehead atoms. The van der Waals surface area contributed by atoms with Crippen LogP contribution in [-0.2, 0) is 10.0 Å². The Bertz CT molecular complexity index is 328. The van der Waals surface area contributed by atoms with Gasteiger partial charge in [-0.1, -0.05) is 0 Å². The number of rotatable bonds is 1. The molecule has 0 unspecified atom stereocenters. The van der Waals surface area contributed by atoms with Gasteiger partial charge in [0.2, 0.25) is 5.09 Å². The van der Waals surface area contributed by atoms with Crippen LogP contribution in [-0.4, -0.2) is 8.42 Å². The first-order valence-corrected chi connectivity index (χ1v) is 4.62. The first-order chi connectivity index (χ1) is 4.50. The van der Waals surface area contributed by atoms with Gasteiger partial charge in [-0.3, -0.25) is 0 Å². The van der Waals surface area contributed by atoms with Crippen molar-refractivity contribution in [2.24, 2.45) is 5.14 Å². The fraction of sp³-hybridized carbons (Fsp3) is 0. The van der Waals surface area contributed by atoms with Crippen molar-refractivity contribution >= 4 is 26.0 Å². The summed E-state index contributed by atoms with van der Waals surface area (Å²) in [5, 5.41) is 4.49. The number of primary sulfonamides is 1. The molecule has 0 radical (unpaired) electrons. The molecule has 0 saturated heterocycles. The van der Waals surface area contributed by atoms with Crippen LogP contribution in [0.2, 0.25) is 0 Å². The second-order valence-corrected chi connectivity index (χ2v) is 3.88. The zero-order valence-electron chi connectivity index (χ0n) is 4.74. The minimum atomic E-state index is -3.68. The maximum absolute atomic E-state index is 10.5. The molecular formula is C4H4BrNO3S. The number of halogens is 1. The van der Waals surface area contributed by atoms with E-state index in [2.05, 4.69) is 20.3 Å². The third-order valence-corrected chi connectivity index (χ3v) is 2.04. The molecule has 6 heteroatoms. The van der Waals surface area contributed by atoms with Gasteiger partial charge in [0.25, 0.3) is 10.0 Å². The van der Waals surface area contributed by atoms with E-state index >= 15 is 0 Å². The molecule has 0 aliphatic heterocycles. The second kappa shape index (κ2) is 2.37. The summed E-state index contributed by atoms with van der Waals surface area (Å²) in [4.78, 5) is 0. The third kappa shape index (κ3) is 1.59. The average molecular weight is 226 g/mol. The maximum Gasteiger partial charge on any atom is 0.271 e. The van der Waals surface area contributed by atoms with E-state index in [9.17, 15) is 8.42 Å². The molecular weight excluding hydrogens is 222 g/mol. The molecule has 1 aromatic heterocycles. The third-order valence-electron chi connectivity index (χ3n) is 0.829. The normalized spacial score (nSPS) is 11.8. The quantitative estimate of drug-likeness (QED) is 0.765. The molecule has 1 rings (SSSR count). The second-order valence-electron chi connectivity index (χ2n) is 1.60. The largest absolute Gasteiger partial charge is 0.437 e. The smallest absolute Gasteiger partial charge is 0.271 e. The topological polar surface area (TPSA) is 73.3 Å². The molecule has 0 saturated carbocycles. The summed E-state index contributed by atoms with van der Waals surface area (Å²) in [7, 11) is -3.68. The molecule has 1 aromatic rings. The predicted octanol–water partition coefficient (Wildman–Crippen LogP) is 0.690. The molecule has 4 nitrogen and oxygen atoms in total. The fourth-order valence-corrected chi connectivity index (χ4v) is 1.33. The Labute approximate surface area is 66.2 Å². The van der Waals surface area contributed by atoms with Crippen LogP contribution in [0.4, 0.5) is 0 Å². The number of hydrogen-bond donors (Lipinski definition) is 1. The molecule has 0 spiro atoms. The van der Waals surface area contributed by atoms with E-state index in [1.54, 1.807) is 0 Å². The Hall–Kier alpha value is -0.330. The van der Waals surface area contributed by atoms with Crippen molar-refractivity contribution in [3.63, 3.8) is 0 Å². The first kappa shape index (κ1) is 7.77. The van der Waals surface area contributed by atoms with E-state index < -0.39 is 10.0 Å².